The van der Waals surface area contributed by atoms with Crippen molar-refractivity contribution in [2.45, 2.75) is 32.6 Å². The molecule has 1 aliphatic carbocycles. The summed E-state index contributed by atoms with van der Waals surface area (Å²) in [7, 11) is 0. The van der Waals surface area contributed by atoms with Crippen molar-refractivity contribution >= 4 is 29.2 Å². The van der Waals surface area contributed by atoms with Crippen LogP contribution in [0.1, 0.15) is 48.5 Å². The zero-order valence-electron chi connectivity index (χ0n) is 17.1. The highest BCUT2D eigenvalue weighted by Gasteiger charge is 2.30. The van der Waals surface area contributed by atoms with E-state index in [9.17, 15) is 19.5 Å². The van der Waals surface area contributed by atoms with E-state index in [0.717, 1.165) is 0 Å². The van der Waals surface area contributed by atoms with Gasteiger partial charge >= 0.3 is 0 Å². The molecule has 0 radical (unpaired) electrons. The lowest BCUT2D eigenvalue weighted by molar-refractivity contribution is -0.313. The summed E-state index contributed by atoms with van der Waals surface area (Å²) in [6, 6.07) is 14.3. The number of carbonyl (C=O) groups excluding carboxylic acids is 3. The van der Waals surface area contributed by atoms with Gasteiger partial charge in [0.05, 0.1) is 17.2 Å². The third-order valence-electron chi connectivity index (χ3n) is 5.34. The number of nitrogens with one attached hydrogen (secondary N) is 2. The molecule has 2 amide bonds. The number of carboxylic acids is 1. The summed E-state index contributed by atoms with van der Waals surface area (Å²) in [5.74, 6) is -3.26. The molecule has 0 aliphatic heterocycles. The van der Waals surface area contributed by atoms with E-state index in [1.165, 1.54) is 5.56 Å². The topological polar surface area (TPSA) is 98.3 Å². The first kappa shape index (κ1) is 21.3. The average molecular weight is 405 g/mol. The summed E-state index contributed by atoms with van der Waals surface area (Å²) in [5.41, 5.74) is 2.46. The van der Waals surface area contributed by atoms with Gasteiger partial charge in [-0.15, -0.1) is 0 Å². The van der Waals surface area contributed by atoms with Gasteiger partial charge in [-0.05, 0) is 48.6 Å². The Morgan fingerprint density at radius 3 is 2.17 bits per heavy atom. The molecule has 0 saturated heterocycles. The minimum atomic E-state index is -1.24. The zero-order valence-corrected chi connectivity index (χ0v) is 17.1. The number of hydrogen-bond acceptors (Lipinski definition) is 4. The standard InChI is InChI=1S/C24H26N2O4/c1-15(2)16-11-13-17(14-12-16)25-23(28)20-9-5-6-10-21(20)26-22(27)18-7-3-4-8-19(18)24(29)30/h3-6,9-15,18-19H,7-8H2,1-2H3,(H,25,28)(H,26,27)(H,29,30)/p-1/t18-,19-/m1/s1. The van der Waals surface area contributed by atoms with Gasteiger partial charge in [0.2, 0.25) is 5.91 Å². The predicted octanol–water partition coefficient (Wildman–Crippen LogP) is 3.33. The van der Waals surface area contributed by atoms with E-state index < -0.39 is 23.7 Å². The molecule has 0 saturated carbocycles. The number of rotatable bonds is 6. The Hall–Kier alpha value is -3.41. The second-order valence-corrected chi connectivity index (χ2v) is 7.74. The van der Waals surface area contributed by atoms with Crippen molar-refractivity contribution < 1.29 is 19.5 Å². The molecule has 2 aromatic carbocycles. The molecule has 2 atom stereocenters. The van der Waals surface area contributed by atoms with E-state index in [0.29, 0.717) is 29.3 Å². The molecule has 2 aromatic rings. The number of amides is 2. The van der Waals surface area contributed by atoms with Crippen LogP contribution in [0.4, 0.5) is 11.4 Å². The number of anilines is 2. The fraction of sp³-hybridized carbons (Fsp3) is 0.292. The third-order valence-corrected chi connectivity index (χ3v) is 5.34. The molecule has 2 N–H and O–H groups in total. The number of carboxylic acid groups (broad SMARTS) is 1. The summed E-state index contributed by atoms with van der Waals surface area (Å²) in [6.07, 6.45) is 4.12. The van der Waals surface area contributed by atoms with Crippen LogP contribution in [0.15, 0.2) is 60.7 Å². The molecule has 0 unspecified atom stereocenters. The Morgan fingerprint density at radius 1 is 0.900 bits per heavy atom. The summed E-state index contributed by atoms with van der Waals surface area (Å²) >= 11 is 0. The molecule has 156 valence electrons. The number of benzene rings is 2. The Kier molecular flexibility index (Phi) is 6.67. The van der Waals surface area contributed by atoms with Gasteiger partial charge in [0.15, 0.2) is 0 Å². The maximum absolute atomic E-state index is 12.8. The van der Waals surface area contributed by atoms with E-state index in [1.807, 2.05) is 24.3 Å². The van der Waals surface area contributed by atoms with Crippen LogP contribution in [0, 0.1) is 11.8 Å². The maximum Gasteiger partial charge on any atom is 0.257 e. The van der Waals surface area contributed by atoms with Gasteiger partial charge in [-0.3, -0.25) is 9.59 Å². The molecule has 6 heteroatoms. The number of para-hydroxylation sites is 1. The lowest BCUT2D eigenvalue weighted by atomic mass is 9.82. The molecule has 0 spiro atoms. The molecule has 0 fully saturated rings. The normalized spacial score (nSPS) is 18.1. The molecule has 0 aromatic heterocycles. The van der Waals surface area contributed by atoms with Gasteiger partial charge in [-0.2, -0.15) is 0 Å². The van der Waals surface area contributed by atoms with Gasteiger partial charge in [-0.1, -0.05) is 50.3 Å². The van der Waals surface area contributed by atoms with Crippen molar-refractivity contribution in [1.82, 2.24) is 0 Å². The molecular weight excluding hydrogens is 380 g/mol. The van der Waals surface area contributed by atoms with Gasteiger partial charge in [0.25, 0.3) is 5.91 Å². The number of aliphatic carboxylic acids is 1. The van der Waals surface area contributed by atoms with Crippen molar-refractivity contribution in [3.8, 4) is 0 Å². The van der Waals surface area contributed by atoms with E-state index in [1.54, 1.807) is 36.4 Å². The van der Waals surface area contributed by atoms with Crippen LogP contribution in [-0.2, 0) is 9.59 Å². The van der Waals surface area contributed by atoms with Gasteiger partial charge in [-0.25, -0.2) is 0 Å². The van der Waals surface area contributed by atoms with Crippen LogP contribution < -0.4 is 15.7 Å². The highest BCUT2D eigenvalue weighted by Crippen LogP contribution is 2.27. The minimum absolute atomic E-state index is 0.259. The van der Waals surface area contributed by atoms with Crippen molar-refractivity contribution in [1.29, 1.82) is 0 Å². The molecule has 0 bridgehead atoms. The highest BCUT2D eigenvalue weighted by molar-refractivity contribution is 6.10. The second kappa shape index (κ2) is 9.39. The molecule has 0 heterocycles. The van der Waals surface area contributed by atoms with Crippen molar-refractivity contribution in [2.75, 3.05) is 10.6 Å². The summed E-state index contributed by atoms with van der Waals surface area (Å²) in [6.45, 7) is 4.19. The number of allylic oxidation sites excluding steroid dienone is 2. The van der Waals surface area contributed by atoms with E-state index in [-0.39, 0.29) is 12.3 Å². The van der Waals surface area contributed by atoms with Gasteiger partial charge in [0.1, 0.15) is 0 Å². The summed E-state index contributed by atoms with van der Waals surface area (Å²) in [5, 5.41) is 16.9. The quantitative estimate of drug-likeness (QED) is 0.720. The van der Waals surface area contributed by atoms with E-state index in [2.05, 4.69) is 24.5 Å². The first-order valence-electron chi connectivity index (χ1n) is 10.0. The van der Waals surface area contributed by atoms with Crippen LogP contribution >= 0.6 is 0 Å². The smallest absolute Gasteiger partial charge is 0.257 e. The molecule has 6 nitrogen and oxygen atoms in total. The van der Waals surface area contributed by atoms with E-state index in [4.69, 9.17) is 0 Å². The van der Waals surface area contributed by atoms with Gasteiger partial charge < -0.3 is 20.5 Å². The molecule has 30 heavy (non-hydrogen) atoms. The SMILES string of the molecule is CC(C)c1ccc(NC(=O)c2ccccc2NC(=O)[C@@H]2CC=CC[C@H]2C(=O)[O-])cc1. The van der Waals surface area contributed by atoms with Crippen LogP contribution in [0.25, 0.3) is 0 Å². The number of hydrogen-bond donors (Lipinski definition) is 2. The monoisotopic (exact) mass is 405 g/mol. The van der Waals surface area contributed by atoms with Crippen molar-refractivity contribution in [2.24, 2.45) is 11.8 Å². The third kappa shape index (κ3) is 4.95. The molecule has 1 aliphatic rings. The maximum atomic E-state index is 12.8. The predicted molar refractivity (Wildman–Crippen MR) is 114 cm³/mol. The average Bonchev–Trinajstić information content (AvgIpc) is 2.74. The number of carbonyl (C=O) groups is 3. The van der Waals surface area contributed by atoms with Crippen LogP contribution in [0.2, 0.25) is 0 Å². The summed E-state index contributed by atoms with van der Waals surface area (Å²) in [4.78, 5) is 36.9. The van der Waals surface area contributed by atoms with E-state index >= 15 is 0 Å². The van der Waals surface area contributed by atoms with Crippen LogP contribution in [0.3, 0.4) is 0 Å². The first-order valence-corrected chi connectivity index (χ1v) is 10.0. The van der Waals surface area contributed by atoms with Crippen LogP contribution in [-0.4, -0.2) is 17.8 Å². The Morgan fingerprint density at radius 2 is 1.53 bits per heavy atom. The first-order chi connectivity index (χ1) is 14.4. The molecule has 3 rings (SSSR count). The second-order valence-electron chi connectivity index (χ2n) is 7.74. The van der Waals surface area contributed by atoms with Crippen molar-refractivity contribution in [3.63, 3.8) is 0 Å². The lowest BCUT2D eigenvalue weighted by Gasteiger charge is -2.28. The van der Waals surface area contributed by atoms with Crippen LogP contribution in [0.5, 0.6) is 0 Å². The minimum Gasteiger partial charge on any atom is -0.550 e. The fourth-order valence-corrected chi connectivity index (χ4v) is 3.53. The largest absolute Gasteiger partial charge is 0.550 e. The molecular formula is C24H25N2O4-. The Balaban J connectivity index is 1.75. The highest BCUT2D eigenvalue weighted by atomic mass is 16.4. The Bertz CT molecular complexity index is 963. The van der Waals surface area contributed by atoms with Crippen molar-refractivity contribution in [3.05, 3.63) is 71.8 Å². The van der Waals surface area contributed by atoms with Gasteiger partial charge in [0, 0.05) is 17.6 Å². The lowest BCUT2D eigenvalue weighted by Crippen LogP contribution is -2.41. The fourth-order valence-electron chi connectivity index (χ4n) is 3.53. The summed E-state index contributed by atoms with van der Waals surface area (Å²) < 4.78 is 0. The Labute approximate surface area is 176 Å². The zero-order chi connectivity index (χ0) is 21.7.